The number of hydrogen-bond donors (Lipinski definition) is 0. The van der Waals surface area contributed by atoms with E-state index in [0.717, 1.165) is 38.5 Å². The van der Waals surface area contributed by atoms with Crippen LogP contribution in [0.4, 0.5) is 0 Å². The molecule has 6 aliphatic rings. The topological polar surface area (TPSA) is 52.6 Å². The minimum atomic E-state index is -0.537. The summed E-state index contributed by atoms with van der Waals surface area (Å²) in [6.07, 6.45) is 8.82. The lowest BCUT2D eigenvalue weighted by atomic mass is 9.40. The normalized spacial score (nSPS) is 54.2. The van der Waals surface area contributed by atoms with E-state index in [-0.39, 0.29) is 28.6 Å². The fourth-order valence-electron chi connectivity index (χ4n) is 8.83. The number of Topliss-reactive ketones (excluding diaryl/α,β-unsaturated/α-hetero) is 1. The first kappa shape index (κ1) is 18.1. The molecule has 4 aliphatic carbocycles. The van der Waals surface area contributed by atoms with E-state index in [1.807, 2.05) is 6.92 Å². The first-order chi connectivity index (χ1) is 12.8. The van der Waals surface area contributed by atoms with Crippen molar-refractivity contribution in [1.82, 2.24) is 0 Å². The molecule has 0 amide bonds. The molecule has 0 N–H and O–H groups in total. The van der Waals surface area contributed by atoms with Gasteiger partial charge in [0.15, 0.2) is 5.78 Å². The van der Waals surface area contributed by atoms with Crippen LogP contribution in [0.2, 0.25) is 0 Å². The first-order valence-corrected chi connectivity index (χ1v) is 11.1. The van der Waals surface area contributed by atoms with Crippen LogP contribution < -0.4 is 0 Å². The van der Waals surface area contributed by atoms with E-state index in [9.17, 15) is 9.59 Å². The molecule has 9 atom stereocenters. The molecule has 4 saturated carbocycles. The number of esters is 1. The average Bonchev–Trinajstić information content (AvgIpc) is 2.96. The van der Waals surface area contributed by atoms with Gasteiger partial charge in [-0.15, -0.1) is 0 Å². The van der Waals surface area contributed by atoms with Crippen LogP contribution in [-0.4, -0.2) is 30.6 Å². The van der Waals surface area contributed by atoms with Gasteiger partial charge in [-0.1, -0.05) is 20.8 Å². The monoisotopic (exact) mass is 374 g/mol. The van der Waals surface area contributed by atoms with Crippen LogP contribution in [0.3, 0.4) is 0 Å². The Hall–Kier alpha value is -0.900. The quantitative estimate of drug-likeness (QED) is 0.681. The van der Waals surface area contributed by atoms with Gasteiger partial charge in [-0.25, -0.2) is 0 Å². The summed E-state index contributed by atoms with van der Waals surface area (Å²) in [5.74, 6) is 1.81. The average molecular weight is 375 g/mol. The van der Waals surface area contributed by atoms with Crippen LogP contribution in [0.15, 0.2) is 0 Å². The van der Waals surface area contributed by atoms with E-state index in [2.05, 4.69) is 13.8 Å². The van der Waals surface area contributed by atoms with Gasteiger partial charge in [0.25, 0.3) is 0 Å². The maximum absolute atomic E-state index is 13.9. The molecule has 4 heteroatoms. The maximum atomic E-state index is 13.9. The van der Waals surface area contributed by atoms with E-state index in [4.69, 9.17) is 9.47 Å². The highest BCUT2D eigenvalue weighted by Crippen LogP contribution is 2.72. The number of carbonyl (C=O) groups excluding carboxylic acids is 2. The summed E-state index contributed by atoms with van der Waals surface area (Å²) >= 11 is 0. The van der Waals surface area contributed by atoms with Crippen molar-refractivity contribution in [3.8, 4) is 0 Å². The van der Waals surface area contributed by atoms with Crippen molar-refractivity contribution >= 4 is 11.8 Å². The Labute approximate surface area is 162 Å². The number of hydrogen-bond acceptors (Lipinski definition) is 4. The molecule has 4 bridgehead atoms. The Balaban J connectivity index is 1.55. The summed E-state index contributed by atoms with van der Waals surface area (Å²) in [5, 5.41) is 0. The lowest BCUT2D eigenvalue weighted by molar-refractivity contribution is -0.307. The molecule has 150 valence electrons. The van der Waals surface area contributed by atoms with Gasteiger partial charge in [-0.2, -0.15) is 0 Å². The Morgan fingerprint density at radius 1 is 1.15 bits per heavy atom. The van der Waals surface area contributed by atoms with Crippen molar-refractivity contribution in [1.29, 1.82) is 0 Å². The minimum Gasteiger partial charge on any atom is -0.469 e. The Kier molecular flexibility index (Phi) is 3.75. The predicted molar refractivity (Wildman–Crippen MR) is 101 cm³/mol. The van der Waals surface area contributed by atoms with Gasteiger partial charge in [0.2, 0.25) is 0 Å². The molecule has 2 saturated heterocycles. The van der Waals surface area contributed by atoms with Crippen molar-refractivity contribution in [3.63, 3.8) is 0 Å². The molecule has 6 fully saturated rings. The highest BCUT2D eigenvalue weighted by molar-refractivity contribution is 5.91. The molecule has 2 heterocycles. The smallest absolute Gasteiger partial charge is 0.308 e. The molecule has 0 aromatic carbocycles. The molecular formula is C23H34O4. The Morgan fingerprint density at radius 3 is 2.63 bits per heavy atom. The van der Waals surface area contributed by atoms with E-state index < -0.39 is 5.60 Å². The molecule has 2 aliphatic heterocycles. The molecule has 27 heavy (non-hydrogen) atoms. The summed E-state index contributed by atoms with van der Waals surface area (Å²) < 4.78 is 11.8. The second kappa shape index (κ2) is 5.58. The zero-order chi connectivity index (χ0) is 19.2. The fourth-order valence-corrected chi connectivity index (χ4v) is 8.83. The predicted octanol–water partition coefficient (Wildman–Crippen LogP) is 4.15. The molecule has 1 spiro atoms. The third-order valence-electron chi connectivity index (χ3n) is 10.1. The second-order valence-corrected chi connectivity index (χ2v) is 10.8. The molecule has 0 aromatic heterocycles. The van der Waals surface area contributed by atoms with Crippen LogP contribution in [-0.2, 0) is 19.1 Å². The lowest BCUT2D eigenvalue weighted by Gasteiger charge is -2.70. The van der Waals surface area contributed by atoms with Crippen LogP contribution in [0.25, 0.3) is 0 Å². The molecule has 9 unspecified atom stereocenters. The van der Waals surface area contributed by atoms with Crippen molar-refractivity contribution in [3.05, 3.63) is 0 Å². The SMILES string of the molecule is COC(=O)C(C)C1CCC2C3CCC4CC5CCC4(C)C3(O5)C(=O)CC12C. The van der Waals surface area contributed by atoms with Gasteiger partial charge in [-0.3, -0.25) is 9.59 Å². The Morgan fingerprint density at radius 2 is 1.89 bits per heavy atom. The fraction of sp³-hybridized carbons (Fsp3) is 0.913. The van der Waals surface area contributed by atoms with Crippen molar-refractivity contribution < 1.29 is 19.1 Å². The van der Waals surface area contributed by atoms with Crippen LogP contribution in [0.5, 0.6) is 0 Å². The van der Waals surface area contributed by atoms with Gasteiger partial charge in [0.1, 0.15) is 5.60 Å². The molecular weight excluding hydrogens is 340 g/mol. The number of ether oxygens (including phenoxy) is 2. The van der Waals surface area contributed by atoms with E-state index >= 15 is 0 Å². The highest BCUT2D eigenvalue weighted by Gasteiger charge is 2.74. The molecule has 4 nitrogen and oxygen atoms in total. The molecule has 0 radical (unpaired) electrons. The molecule has 0 aromatic rings. The summed E-state index contributed by atoms with van der Waals surface area (Å²) in [6, 6.07) is 0. The van der Waals surface area contributed by atoms with Crippen LogP contribution >= 0.6 is 0 Å². The number of ketones is 1. The second-order valence-electron chi connectivity index (χ2n) is 10.8. The Bertz CT molecular complexity index is 688. The number of carbonyl (C=O) groups is 2. The van der Waals surface area contributed by atoms with Gasteiger partial charge >= 0.3 is 5.97 Å². The third-order valence-corrected chi connectivity index (χ3v) is 10.1. The number of rotatable bonds is 2. The largest absolute Gasteiger partial charge is 0.469 e. The van der Waals surface area contributed by atoms with Gasteiger partial charge in [0.05, 0.1) is 19.1 Å². The van der Waals surface area contributed by atoms with E-state index in [1.165, 1.54) is 13.5 Å². The van der Waals surface area contributed by atoms with Gasteiger partial charge in [-0.05, 0) is 74.0 Å². The summed E-state index contributed by atoms with van der Waals surface area (Å²) in [5.41, 5.74) is -0.608. The van der Waals surface area contributed by atoms with E-state index in [1.54, 1.807) is 0 Å². The first-order valence-electron chi connectivity index (χ1n) is 11.1. The van der Waals surface area contributed by atoms with Crippen LogP contribution in [0, 0.1) is 40.4 Å². The summed E-state index contributed by atoms with van der Waals surface area (Å²) in [7, 11) is 1.48. The zero-order valence-electron chi connectivity index (χ0n) is 17.3. The van der Waals surface area contributed by atoms with Crippen molar-refractivity contribution in [2.75, 3.05) is 7.11 Å². The zero-order valence-corrected chi connectivity index (χ0v) is 17.3. The van der Waals surface area contributed by atoms with Crippen LogP contribution in [0.1, 0.15) is 72.1 Å². The summed E-state index contributed by atoms with van der Waals surface area (Å²) in [6.45, 7) is 6.65. The van der Waals surface area contributed by atoms with Gasteiger partial charge < -0.3 is 9.47 Å². The molecule has 6 rings (SSSR count). The maximum Gasteiger partial charge on any atom is 0.308 e. The van der Waals surface area contributed by atoms with Gasteiger partial charge in [0, 0.05) is 11.8 Å². The van der Waals surface area contributed by atoms with Crippen molar-refractivity contribution in [2.45, 2.75) is 83.8 Å². The van der Waals surface area contributed by atoms with Crippen molar-refractivity contribution in [2.24, 2.45) is 40.4 Å². The minimum absolute atomic E-state index is 0.0229. The number of methoxy groups -OCH3 is 1. The standard InChI is InChI=1S/C23H34O4/c1-13(20(25)26-4)16-7-8-17-18-6-5-14-11-15-9-10-22(14,3)23(18,27-15)19(24)12-21(16,17)2/h13-18H,5-12H2,1-4H3. The van der Waals surface area contributed by atoms with E-state index in [0.29, 0.717) is 36.1 Å². The third kappa shape index (κ3) is 1.99. The summed E-state index contributed by atoms with van der Waals surface area (Å²) in [4.78, 5) is 26.1. The number of fused-ring (bicyclic) bond motifs is 3. The highest BCUT2D eigenvalue weighted by atomic mass is 16.5. The lowest BCUT2D eigenvalue weighted by Crippen LogP contribution is -2.75.